The van der Waals surface area contributed by atoms with Crippen LogP contribution in [-0.2, 0) is 4.79 Å². The number of halogens is 2. The fraction of sp³-hybridized carbons (Fsp3) is 0.500. The van der Waals surface area contributed by atoms with Crippen molar-refractivity contribution in [3.8, 4) is 0 Å². The number of likely N-dealkylation sites (tertiary alicyclic amines) is 1. The number of hydrogen-bond donors (Lipinski definition) is 2. The van der Waals surface area contributed by atoms with Gasteiger partial charge in [-0.3, -0.25) is 9.69 Å². The molecule has 2 rings (SSSR count). The number of benzene rings is 1. The van der Waals surface area contributed by atoms with Gasteiger partial charge < -0.3 is 11.1 Å². The number of carbonyl (C=O) groups is 1. The highest BCUT2D eigenvalue weighted by atomic mass is 35.5. The van der Waals surface area contributed by atoms with Gasteiger partial charge in [0.25, 0.3) is 0 Å². The first-order valence-corrected chi connectivity index (χ1v) is 7.41. The Bertz CT molecular complexity index is 498. The van der Waals surface area contributed by atoms with Crippen LogP contribution in [0.3, 0.4) is 0 Å². The summed E-state index contributed by atoms with van der Waals surface area (Å²) in [5.74, 6) is 0.517. The van der Waals surface area contributed by atoms with Crippen molar-refractivity contribution >= 4 is 40.5 Å². The molecular weight excluding hydrogens is 297 g/mol. The molecule has 3 N–H and O–H groups in total. The van der Waals surface area contributed by atoms with Crippen molar-refractivity contribution in [2.24, 2.45) is 5.92 Å². The van der Waals surface area contributed by atoms with E-state index in [0.29, 0.717) is 39.9 Å². The van der Waals surface area contributed by atoms with Crippen molar-refractivity contribution in [3.63, 3.8) is 0 Å². The number of amides is 1. The van der Waals surface area contributed by atoms with E-state index in [2.05, 4.69) is 24.1 Å². The van der Waals surface area contributed by atoms with Crippen LogP contribution in [0.15, 0.2) is 12.1 Å². The first-order chi connectivity index (χ1) is 9.36. The van der Waals surface area contributed by atoms with Crippen molar-refractivity contribution in [1.82, 2.24) is 4.90 Å². The number of nitrogens with one attached hydrogen (secondary N) is 1. The lowest BCUT2D eigenvalue weighted by Gasteiger charge is -2.20. The van der Waals surface area contributed by atoms with Gasteiger partial charge in [-0.2, -0.15) is 0 Å². The average Bonchev–Trinajstić information content (AvgIpc) is 2.62. The molecule has 2 atom stereocenters. The Morgan fingerprint density at radius 2 is 2.15 bits per heavy atom. The summed E-state index contributed by atoms with van der Waals surface area (Å²) in [7, 11) is 0. The third-order valence-electron chi connectivity index (χ3n) is 3.61. The summed E-state index contributed by atoms with van der Waals surface area (Å²) >= 11 is 11.9. The van der Waals surface area contributed by atoms with Gasteiger partial charge in [0, 0.05) is 17.6 Å². The predicted octanol–water partition coefficient (Wildman–Crippen LogP) is 3.24. The third kappa shape index (κ3) is 3.57. The van der Waals surface area contributed by atoms with E-state index < -0.39 is 0 Å². The van der Waals surface area contributed by atoms with E-state index >= 15 is 0 Å². The van der Waals surface area contributed by atoms with E-state index in [9.17, 15) is 4.79 Å². The van der Waals surface area contributed by atoms with Gasteiger partial charge in [-0.1, -0.05) is 30.1 Å². The van der Waals surface area contributed by atoms with Gasteiger partial charge in [-0.05, 0) is 31.4 Å². The van der Waals surface area contributed by atoms with Crippen molar-refractivity contribution < 1.29 is 4.79 Å². The van der Waals surface area contributed by atoms with Gasteiger partial charge >= 0.3 is 0 Å². The maximum Gasteiger partial charge on any atom is 0.238 e. The zero-order chi connectivity index (χ0) is 14.9. The van der Waals surface area contributed by atoms with Crippen molar-refractivity contribution in [3.05, 3.63) is 22.2 Å². The molecule has 1 aromatic rings. The lowest BCUT2D eigenvalue weighted by molar-refractivity contribution is -0.117. The van der Waals surface area contributed by atoms with Gasteiger partial charge in [0.15, 0.2) is 0 Å². The first kappa shape index (κ1) is 15.4. The summed E-state index contributed by atoms with van der Waals surface area (Å²) in [4.78, 5) is 14.3. The Morgan fingerprint density at radius 3 is 2.70 bits per heavy atom. The second kappa shape index (κ2) is 6.20. The Balaban J connectivity index is 2.02. The predicted molar refractivity (Wildman–Crippen MR) is 84.3 cm³/mol. The molecule has 110 valence electrons. The van der Waals surface area contributed by atoms with Gasteiger partial charge in [0.1, 0.15) is 0 Å². The zero-order valence-electron chi connectivity index (χ0n) is 11.6. The molecule has 1 aromatic carbocycles. The summed E-state index contributed by atoms with van der Waals surface area (Å²) < 4.78 is 0. The van der Waals surface area contributed by atoms with E-state index in [1.54, 1.807) is 12.1 Å². The molecule has 0 bridgehead atoms. The zero-order valence-corrected chi connectivity index (χ0v) is 13.1. The molecule has 0 spiro atoms. The van der Waals surface area contributed by atoms with Crippen LogP contribution >= 0.6 is 23.2 Å². The van der Waals surface area contributed by atoms with Crippen LogP contribution < -0.4 is 11.1 Å². The molecular formula is C14H19Cl2N3O. The van der Waals surface area contributed by atoms with Crippen LogP contribution in [-0.4, -0.2) is 29.9 Å². The number of nitrogens with zero attached hydrogens (tertiary/aromatic N) is 1. The summed E-state index contributed by atoms with van der Waals surface area (Å²) in [5.41, 5.74) is 6.64. The molecule has 1 amide bonds. The minimum Gasteiger partial charge on any atom is -0.397 e. The molecule has 20 heavy (non-hydrogen) atoms. The van der Waals surface area contributed by atoms with Gasteiger partial charge in [0.2, 0.25) is 5.91 Å². The maximum absolute atomic E-state index is 12.1. The van der Waals surface area contributed by atoms with E-state index in [1.165, 1.54) is 0 Å². The number of nitrogen functional groups attached to an aromatic ring is 1. The van der Waals surface area contributed by atoms with Gasteiger partial charge in [-0.15, -0.1) is 0 Å². The minimum atomic E-state index is -0.109. The molecule has 0 saturated carbocycles. The summed E-state index contributed by atoms with van der Waals surface area (Å²) in [5, 5.41) is 3.58. The number of nitrogens with two attached hydrogens (primary N) is 1. The van der Waals surface area contributed by atoms with E-state index in [4.69, 9.17) is 28.9 Å². The van der Waals surface area contributed by atoms with E-state index in [-0.39, 0.29) is 5.91 Å². The second-order valence-electron chi connectivity index (χ2n) is 5.52. The van der Waals surface area contributed by atoms with Crippen LogP contribution in [0.2, 0.25) is 10.0 Å². The number of hydrogen-bond acceptors (Lipinski definition) is 3. The topological polar surface area (TPSA) is 58.4 Å². The lowest BCUT2D eigenvalue weighted by atomic mass is 10.1. The monoisotopic (exact) mass is 315 g/mol. The summed E-state index contributed by atoms with van der Waals surface area (Å²) in [6, 6.07) is 3.56. The molecule has 2 unspecified atom stereocenters. The van der Waals surface area contributed by atoms with Crippen LogP contribution in [0.5, 0.6) is 0 Å². The number of rotatable bonds is 3. The molecule has 1 fully saturated rings. The van der Waals surface area contributed by atoms with Crippen LogP contribution in [0.1, 0.15) is 20.3 Å². The van der Waals surface area contributed by atoms with Crippen LogP contribution in [0.4, 0.5) is 11.4 Å². The Hall–Kier alpha value is -0.970. The molecule has 4 nitrogen and oxygen atoms in total. The van der Waals surface area contributed by atoms with Gasteiger partial charge in [-0.25, -0.2) is 0 Å². The third-order valence-corrected chi connectivity index (χ3v) is 4.13. The Labute approximate surface area is 129 Å². The highest BCUT2D eigenvalue weighted by Gasteiger charge is 2.27. The molecule has 1 heterocycles. The lowest BCUT2D eigenvalue weighted by Crippen LogP contribution is -2.35. The summed E-state index contributed by atoms with van der Waals surface area (Å²) in [6.07, 6.45) is 1.12. The Kier molecular flexibility index (Phi) is 4.78. The van der Waals surface area contributed by atoms with Gasteiger partial charge in [0.05, 0.1) is 22.9 Å². The minimum absolute atomic E-state index is 0.109. The number of carbonyl (C=O) groups excluding carboxylic acids is 1. The molecule has 0 radical (unpaired) electrons. The molecule has 0 aliphatic carbocycles. The molecule has 1 aliphatic rings. The van der Waals surface area contributed by atoms with E-state index in [1.807, 2.05) is 0 Å². The highest BCUT2D eigenvalue weighted by molar-refractivity contribution is 6.37. The van der Waals surface area contributed by atoms with Crippen molar-refractivity contribution in [2.75, 3.05) is 24.1 Å². The fourth-order valence-corrected chi connectivity index (χ4v) is 3.25. The average molecular weight is 316 g/mol. The second-order valence-corrected chi connectivity index (χ2v) is 6.36. The Morgan fingerprint density at radius 1 is 1.45 bits per heavy atom. The highest BCUT2D eigenvalue weighted by Crippen LogP contribution is 2.32. The smallest absolute Gasteiger partial charge is 0.238 e. The number of anilines is 2. The first-order valence-electron chi connectivity index (χ1n) is 6.65. The SMILES string of the molecule is CC1CC(C)N(CC(=O)Nc2c(N)cc(Cl)cc2Cl)C1. The largest absolute Gasteiger partial charge is 0.397 e. The van der Waals surface area contributed by atoms with Crippen molar-refractivity contribution in [1.29, 1.82) is 0 Å². The van der Waals surface area contributed by atoms with Crippen LogP contribution in [0, 0.1) is 5.92 Å². The maximum atomic E-state index is 12.1. The van der Waals surface area contributed by atoms with Crippen LogP contribution in [0.25, 0.3) is 0 Å². The summed E-state index contributed by atoms with van der Waals surface area (Å²) in [6.45, 7) is 5.63. The quantitative estimate of drug-likeness (QED) is 0.842. The van der Waals surface area contributed by atoms with Crippen molar-refractivity contribution in [2.45, 2.75) is 26.3 Å². The van der Waals surface area contributed by atoms with E-state index in [0.717, 1.165) is 13.0 Å². The molecule has 1 saturated heterocycles. The standard InChI is InChI=1S/C14H19Cl2N3O/c1-8-3-9(2)19(6-8)7-13(20)18-14-11(16)4-10(15)5-12(14)17/h4-5,8-9H,3,6-7,17H2,1-2H3,(H,18,20). The molecule has 0 aromatic heterocycles. The normalized spacial score (nSPS) is 23.0. The molecule has 1 aliphatic heterocycles. The fourth-order valence-electron chi connectivity index (χ4n) is 2.70. The molecule has 6 heteroatoms.